The van der Waals surface area contributed by atoms with Gasteiger partial charge in [-0.2, -0.15) is 4.80 Å². The number of rotatable bonds is 4. The van der Waals surface area contributed by atoms with E-state index in [1.54, 1.807) is 36.4 Å². The molecule has 4 rings (SSSR count). The van der Waals surface area contributed by atoms with Gasteiger partial charge < -0.3 is 10.6 Å². The van der Waals surface area contributed by atoms with E-state index in [0.29, 0.717) is 26.8 Å². The molecule has 9 heteroatoms. The lowest BCUT2D eigenvalue weighted by Gasteiger charge is -2.11. The van der Waals surface area contributed by atoms with Gasteiger partial charge in [-0.15, -0.1) is 10.2 Å². The van der Waals surface area contributed by atoms with E-state index in [1.807, 2.05) is 30.3 Å². The summed E-state index contributed by atoms with van der Waals surface area (Å²) in [5.74, 6) is -0.248. The summed E-state index contributed by atoms with van der Waals surface area (Å²) in [4.78, 5) is 13.8. The minimum atomic E-state index is -0.248. The maximum Gasteiger partial charge on any atom is 0.230 e. The van der Waals surface area contributed by atoms with E-state index in [-0.39, 0.29) is 17.4 Å². The Labute approximate surface area is 187 Å². The average molecular weight is 456 g/mol. The standard InChI is InChI=1S/C21H15Cl2N5OS/c22-14-8-6-13(7-9-14)10-20(29)25-21(30)24-17-12-19-18(11-16(17)23)26-28(27-19)15-4-2-1-3-5-15/h1-9,11-12H,10H2,(H2,24,25,29,30). The molecule has 0 atom stereocenters. The third-order valence-electron chi connectivity index (χ3n) is 4.24. The highest BCUT2D eigenvalue weighted by atomic mass is 35.5. The molecule has 0 saturated heterocycles. The highest BCUT2D eigenvalue weighted by molar-refractivity contribution is 7.80. The smallest absolute Gasteiger partial charge is 0.230 e. The number of nitrogens with one attached hydrogen (secondary N) is 2. The largest absolute Gasteiger partial charge is 0.331 e. The third-order valence-corrected chi connectivity index (χ3v) is 5.00. The number of aromatic nitrogens is 3. The topological polar surface area (TPSA) is 71.8 Å². The molecular formula is C21H15Cl2N5OS. The van der Waals surface area contributed by atoms with Crippen LogP contribution in [-0.2, 0) is 11.2 Å². The van der Waals surface area contributed by atoms with E-state index in [1.165, 1.54) is 4.80 Å². The van der Waals surface area contributed by atoms with E-state index in [2.05, 4.69) is 20.8 Å². The fraction of sp³-hybridized carbons (Fsp3) is 0.0476. The Morgan fingerprint density at radius 2 is 1.63 bits per heavy atom. The first-order chi connectivity index (χ1) is 14.5. The van der Waals surface area contributed by atoms with E-state index in [4.69, 9.17) is 35.4 Å². The van der Waals surface area contributed by atoms with Crippen molar-refractivity contribution in [3.8, 4) is 5.69 Å². The van der Waals surface area contributed by atoms with Gasteiger partial charge in [0.2, 0.25) is 5.91 Å². The maximum atomic E-state index is 12.2. The highest BCUT2D eigenvalue weighted by Gasteiger charge is 2.12. The molecule has 150 valence electrons. The first kappa shape index (κ1) is 20.3. The summed E-state index contributed by atoms with van der Waals surface area (Å²) in [6, 6.07) is 20.0. The molecule has 0 aliphatic carbocycles. The third kappa shape index (κ3) is 4.76. The van der Waals surface area contributed by atoms with Crippen LogP contribution in [0.4, 0.5) is 5.69 Å². The fourth-order valence-electron chi connectivity index (χ4n) is 2.82. The molecule has 1 heterocycles. The Bertz CT molecular complexity index is 1230. The molecule has 0 fully saturated rings. The number of carbonyl (C=O) groups is 1. The Balaban J connectivity index is 1.46. The van der Waals surface area contributed by atoms with Crippen molar-refractivity contribution in [3.63, 3.8) is 0 Å². The van der Waals surface area contributed by atoms with Crippen LogP contribution < -0.4 is 10.6 Å². The summed E-state index contributed by atoms with van der Waals surface area (Å²) < 4.78 is 0. The van der Waals surface area contributed by atoms with Crippen LogP contribution in [-0.4, -0.2) is 26.0 Å². The van der Waals surface area contributed by atoms with Gasteiger partial charge in [-0.25, -0.2) is 0 Å². The first-order valence-electron chi connectivity index (χ1n) is 8.95. The SMILES string of the molecule is O=C(Cc1ccc(Cl)cc1)NC(=S)Nc1cc2nn(-c3ccccc3)nc2cc1Cl. The van der Waals surface area contributed by atoms with Gasteiger partial charge in [0.1, 0.15) is 11.0 Å². The number of thiocarbonyl (C=S) groups is 1. The van der Waals surface area contributed by atoms with Gasteiger partial charge in [0.15, 0.2) is 5.11 Å². The lowest BCUT2D eigenvalue weighted by molar-refractivity contribution is -0.119. The van der Waals surface area contributed by atoms with Crippen LogP contribution in [0.3, 0.4) is 0 Å². The number of nitrogens with zero attached hydrogens (tertiary/aromatic N) is 3. The second-order valence-electron chi connectivity index (χ2n) is 6.45. The molecule has 0 bridgehead atoms. The predicted octanol–water partition coefficient (Wildman–Crippen LogP) is 4.78. The van der Waals surface area contributed by atoms with Crippen molar-refractivity contribution < 1.29 is 4.79 Å². The Hall–Kier alpha value is -3.00. The summed E-state index contributed by atoms with van der Waals surface area (Å²) in [7, 11) is 0. The number of benzene rings is 3. The normalized spacial score (nSPS) is 10.7. The molecule has 0 unspecified atom stereocenters. The van der Waals surface area contributed by atoms with Crippen LogP contribution in [0.5, 0.6) is 0 Å². The lowest BCUT2D eigenvalue weighted by atomic mass is 10.1. The maximum absolute atomic E-state index is 12.2. The number of para-hydroxylation sites is 1. The lowest BCUT2D eigenvalue weighted by Crippen LogP contribution is -2.35. The van der Waals surface area contributed by atoms with Crippen molar-refractivity contribution >= 4 is 63.2 Å². The molecular weight excluding hydrogens is 441 g/mol. The van der Waals surface area contributed by atoms with Crippen LogP contribution >= 0.6 is 35.4 Å². The molecule has 6 nitrogen and oxygen atoms in total. The zero-order valence-electron chi connectivity index (χ0n) is 15.5. The van der Waals surface area contributed by atoms with Crippen LogP contribution in [0.15, 0.2) is 66.7 Å². The number of amides is 1. The molecule has 0 saturated carbocycles. The van der Waals surface area contributed by atoms with Crippen molar-refractivity contribution in [2.24, 2.45) is 0 Å². The molecule has 0 radical (unpaired) electrons. The van der Waals surface area contributed by atoms with Crippen LogP contribution in [0.1, 0.15) is 5.56 Å². The number of hydrogen-bond acceptors (Lipinski definition) is 4. The molecule has 3 aromatic carbocycles. The number of carbonyl (C=O) groups excluding carboxylic acids is 1. The van der Waals surface area contributed by atoms with E-state index in [9.17, 15) is 4.79 Å². The molecule has 4 aromatic rings. The minimum Gasteiger partial charge on any atom is -0.331 e. The van der Waals surface area contributed by atoms with Crippen LogP contribution in [0, 0.1) is 0 Å². The molecule has 1 amide bonds. The zero-order valence-corrected chi connectivity index (χ0v) is 17.8. The quantitative estimate of drug-likeness (QED) is 0.433. The molecule has 0 spiro atoms. The van der Waals surface area contributed by atoms with Gasteiger partial charge in [-0.1, -0.05) is 53.5 Å². The van der Waals surface area contributed by atoms with E-state index < -0.39 is 0 Å². The van der Waals surface area contributed by atoms with Crippen molar-refractivity contribution in [2.75, 3.05) is 5.32 Å². The molecule has 0 aliphatic heterocycles. The summed E-state index contributed by atoms with van der Waals surface area (Å²) in [5, 5.41) is 15.7. The van der Waals surface area contributed by atoms with Crippen LogP contribution in [0.2, 0.25) is 10.0 Å². The number of halogens is 2. The Kier molecular flexibility index (Phi) is 5.94. The van der Waals surface area contributed by atoms with Crippen molar-refractivity contribution in [2.45, 2.75) is 6.42 Å². The van der Waals surface area contributed by atoms with Gasteiger partial charge in [0.25, 0.3) is 0 Å². The van der Waals surface area contributed by atoms with Gasteiger partial charge in [0, 0.05) is 5.02 Å². The molecule has 0 aliphatic rings. The van der Waals surface area contributed by atoms with Crippen LogP contribution in [0.25, 0.3) is 16.7 Å². The average Bonchev–Trinajstić information content (AvgIpc) is 3.13. The fourth-order valence-corrected chi connectivity index (χ4v) is 3.38. The molecule has 1 aromatic heterocycles. The number of anilines is 1. The monoisotopic (exact) mass is 455 g/mol. The number of fused-ring (bicyclic) bond motifs is 1. The van der Waals surface area contributed by atoms with E-state index >= 15 is 0 Å². The zero-order chi connectivity index (χ0) is 21.1. The van der Waals surface area contributed by atoms with Crippen molar-refractivity contribution in [3.05, 3.63) is 82.3 Å². The van der Waals surface area contributed by atoms with Gasteiger partial charge in [0.05, 0.1) is 22.8 Å². The predicted molar refractivity (Wildman–Crippen MR) is 123 cm³/mol. The van der Waals surface area contributed by atoms with Gasteiger partial charge in [-0.05, 0) is 54.2 Å². The summed E-state index contributed by atoms with van der Waals surface area (Å²) in [6.45, 7) is 0. The molecule has 30 heavy (non-hydrogen) atoms. The second-order valence-corrected chi connectivity index (χ2v) is 7.70. The van der Waals surface area contributed by atoms with Gasteiger partial charge >= 0.3 is 0 Å². The highest BCUT2D eigenvalue weighted by Crippen LogP contribution is 2.27. The summed E-state index contributed by atoms with van der Waals surface area (Å²) >= 11 is 17.5. The van der Waals surface area contributed by atoms with Crippen molar-refractivity contribution in [1.29, 1.82) is 0 Å². The minimum absolute atomic E-state index is 0.144. The summed E-state index contributed by atoms with van der Waals surface area (Å²) in [5.41, 5.74) is 3.48. The Morgan fingerprint density at radius 3 is 2.33 bits per heavy atom. The second kappa shape index (κ2) is 8.79. The van der Waals surface area contributed by atoms with Gasteiger partial charge in [-0.3, -0.25) is 4.79 Å². The number of hydrogen-bond donors (Lipinski definition) is 2. The first-order valence-corrected chi connectivity index (χ1v) is 10.1. The summed E-state index contributed by atoms with van der Waals surface area (Å²) in [6.07, 6.45) is 0.178. The Morgan fingerprint density at radius 1 is 0.967 bits per heavy atom. The molecule has 2 N–H and O–H groups in total. The van der Waals surface area contributed by atoms with Crippen molar-refractivity contribution in [1.82, 2.24) is 20.3 Å². The van der Waals surface area contributed by atoms with E-state index in [0.717, 1.165) is 11.3 Å².